The van der Waals surface area contributed by atoms with Crippen molar-refractivity contribution in [3.63, 3.8) is 0 Å². The van der Waals surface area contributed by atoms with Crippen LogP contribution in [0.3, 0.4) is 0 Å². The summed E-state index contributed by atoms with van der Waals surface area (Å²) >= 11 is 5.73. The molecule has 0 aliphatic rings. The monoisotopic (exact) mass is 258 g/mol. The molecule has 1 rings (SSSR count). The highest BCUT2D eigenvalue weighted by molar-refractivity contribution is 7.89. The number of hydrogen-bond acceptors (Lipinski definition) is 3. The van der Waals surface area contributed by atoms with E-state index in [0.29, 0.717) is 12.1 Å². The van der Waals surface area contributed by atoms with Crippen molar-refractivity contribution in [3.8, 4) is 12.3 Å². The molecule has 0 heterocycles. The molecule has 0 aliphatic carbocycles. The van der Waals surface area contributed by atoms with E-state index >= 15 is 0 Å². The molecule has 16 heavy (non-hydrogen) atoms. The van der Waals surface area contributed by atoms with Crippen molar-refractivity contribution in [2.75, 3.05) is 12.3 Å². The van der Waals surface area contributed by atoms with Gasteiger partial charge in [0.2, 0.25) is 10.0 Å². The van der Waals surface area contributed by atoms with Gasteiger partial charge in [-0.3, -0.25) is 0 Å². The smallest absolute Gasteiger partial charge is 0.240 e. The maximum Gasteiger partial charge on any atom is 0.240 e. The molecule has 6 heteroatoms. The molecule has 0 aromatic heterocycles. The van der Waals surface area contributed by atoms with Gasteiger partial charge in [0.15, 0.2) is 0 Å². The number of nitrogen functional groups attached to an aromatic ring is 1. The molecular formula is C10H11ClN2O2S. The van der Waals surface area contributed by atoms with Crippen LogP contribution in [0, 0.1) is 12.3 Å². The molecule has 0 radical (unpaired) electrons. The van der Waals surface area contributed by atoms with Crippen LogP contribution < -0.4 is 10.5 Å². The first-order valence-corrected chi connectivity index (χ1v) is 6.31. The van der Waals surface area contributed by atoms with Gasteiger partial charge in [-0.1, -0.05) is 11.6 Å². The van der Waals surface area contributed by atoms with Crippen LogP contribution in [-0.2, 0) is 10.0 Å². The average molecular weight is 259 g/mol. The van der Waals surface area contributed by atoms with Gasteiger partial charge < -0.3 is 5.73 Å². The first kappa shape index (κ1) is 12.8. The molecule has 86 valence electrons. The van der Waals surface area contributed by atoms with Gasteiger partial charge in [0.1, 0.15) is 0 Å². The van der Waals surface area contributed by atoms with E-state index in [-0.39, 0.29) is 16.5 Å². The number of sulfonamides is 1. The van der Waals surface area contributed by atoms with Gasteiger partial charge in [-0.2, -0.15) is 0 Å². The second kappa shape index (κ2) is 5.21. The lowest BCUT2D eigenvalue weighted by Crippen LogP contribution is -2.24. The van der Waals surface area contributed by atoms with Crippen LogP contribution in [0.5, 0.6) is 0 Å². The van der Waals surface area contributed by atoms with Gasteiger partial charge in [-0.25, -0.2) is 13.1 Å². The zero-order chi connectivity index (χ0) is 12.2. The number of halogens is 1. The van der Waals surface area contributed by atoms with Crippen molar-refractivity contribution in [3.05, 3.63) is 23.2 Å². The Morgan fingerprint density at radius 1 is 1.50 bits per heavy atom. The lowest BCUT2D eigenvalue weighted by Gasteiger charge is -2.06. The summed E-state index contributed by atoms with van der Waals surface area (Å²) in [6.45, 7) is 0.195. The predicted molar refractivity (Wildman–Crippen MR) is 64.5 cm³/mol. The molecule has 3 N–H and O–H groups in total. The Labute approximate surface area is 99.8 Å². The van der Waals surface area contributed by atoms with Crippen LogP contribution >= 0.6 is 11.6 Å². The Morgan fingerprint density at radius 3 is 2.75 bits per heavy atom. The van der Waals surface area contributed by atoms with Crippen LogP contribution in [0.1, 0.15) is 6.42 Å². The van der Waals surface area contributed by atoms with E-state index in [1.54, 1.807) is 0 Å². The van der Waals surface area contributed by atoms with Crippen LogP contribution in [0.2, 0.25) is 5.02 Å². The molecule has 0 amide bonds. The normalized spacial score (nSPS) is 11.0. The lowest BCUT2D eigenvalue weighted by molar-refractivity contribution is 0.582. The molecular weight excluding hydrogens is 248 g/mol. The number of terminal acetylenes is 1. The summed E-state index contributed by atoms with van der Waals surface area (Å²) in [7, 11) is -3.56. The fourth-order valence-electron chi connectivity index (χ4n) is 1.02. The van der Waals surface area contributed by atoms with Crippen molar-refractivity contribution in [2.45, 2.75) is 11.3 Å². The maximum absolute atomic E-state index is 11.7. The topological polar surface area (TPSA) is 72.2 Å². The number of rotatable bonds is 4. The van der Waals surface area contributed by atoms with E-state index in [2.05, 4.69) is 10.6 Å². The van der Waals surface area contributed by atoms with E-state index in [9.17, 15) is 8.42 Å². The van der Waals surface area contributed by atoms with Crippen molar-refractivity contribution < 1.29 is 8.42 Å². The van der Waals surface area contributed by atoms with Gasteiger partial charge in [0.05, 0.1) is 15.6 Å². The lowest BCUT2D eigenvalue weighted by atomic mass is 10.3. The minimum absolute atomic E-state index is 0.0729. The minimum atomic E-state index is -3.56. The first-order valence-electron chi connectivity index (χ1n) is 4.45. The van der Waals surface area contributed by atoms with Crippen molar-refractivity contribution in [1.29, 1.82) is 0 Å². The summed E-state index contributed by atoms with van der Waals surface area (Å²) in [5.41, 5.74) is 5.82. The zero-order valence-corrected chi connectivity index (χ0v) is 9.98. The van der Waals surface area contributed by atoms with E-state index in [0.717, 1.165) is 0 Å². The highest BCUT2D eigenvalue weighted by Crippen LogP contribution is 2.22. The molecule has 0 saturated carbocycles. The van der Waals surface area contributed by atoms with Gasteiger partial charge in [-0.05, 0) is 18.2 Å². The highest BCUT2D eigenvalue weighted by atomic mass is 35.5. The minimum Gasteiger partial charge on any atom is -0.398 e. The Morgan fingerprint density at radius 2 is 2.19 bits per heavy atom. The van der Waals surface area contributed by atoms with Crippen LogP contribution in [0.4, 0.5) is 5.69 Å². The SMILES string of the molecule is C#CCCNS(=O)(=O)c1ccc(N)c(Cl)c1. The zero-order valence-electron chi connectivity index (χ0n) is 8.40. The second-order valence-electron chi connectivity index (χ2n) is 3.04. The summed E-state index contributed by atoms with van der Waals surface area (Å²) in [5, 5.41) is 0.208. The summed E-state index contributed by atoms with van der Waals surface area (Å²) in [6, 6.07) is 4.13. The van der Waals surface area contributed by atoms with E-state index in [4.69, 9.17) is 23.8 Å². The number of nitrogens with one attached hydrogen (secondary N) is 1. The van der Waals surface area contributed by atoms with Crippen LogP contribution in [-0.4, -0.2) is 15.0 Å². The highest BCUT2D eigenvalue weighted by Gasteiger charge is 2.14. The van der Waals surface area contributed by atoms with Gasteiger partial charge in [0.25, 0.3) is 0 Å². The van der Waals surface area contributed by atoms with E-state index in [1.165, 1.54) is 18.2 Å². The van der Waals surface area contributed by atoms with Gasteiger partial charge in [0, 0.05) is 13.0 Å². The summed E-state index contributed by atoms with van der Waals surface area (Å²) < 4.78 is 25.7. The van der Waals surface area contributed by atoms with E-state index < -0.39 is 10.0 Å². The third-order valence-corrected chi connectivity index (χ3v) is 3.63. The fourth-order valence-corrected chi connectivity index (χ4v) is 2.32. The Bertz CT molecular complexity index is 520. The van der Waals surface area contributed by atoms with Gasteiger partial charge >= 0.3 is 0 Å². The molecule has 0 atom stereocenters. The van der Waals surface area contributed by atoms with Crippen molar-refractivity contribution >= 4 is 27.3 Å². The Balaban J connectivity index is 2.91. The van der Waals surface area contributed by atoms with Crippen LogP contribution in [0.25, 0.3) is 0 Å². The van der Waals surface area contributed by atoms with Crippen molar-refractivity contribution in [1.82, 2.24) is 4.72 Å². The molecule has 0 aliphatic heterocycles. The number of benzene rings is 1. The third-order valence-electron chi connectivity index (χ3n) is 1.84. The van der Waals surface area contributed by atoms with Crippen molar-refractivity contribution in [2.24, 2.45) is 0 Å². The molecule has 4 nitrogen and oxygen atoms in total. The summed E-state index contributed by atoms with van der Waals surface area (Å²) in [4.78, 5) is 0.0729. The molecule has 0 fully saturated rings. The molecule has 1 aromatic rings. The number of hydrogen-bond donors (Lipinski definition) is 2. The van der Waals surface area contributed by atoms with E-state index in [1.807, 2.05) is 0 Å². The third kappa shape index (κ3) is 3.14. The van der Waals surface area contributed by atoms with Gasteiger partial charge in [-0.15, -0.1) is 12.3 Å². The standard InChI is InChI=1S/C10H11ClN2O2S/c1-2-3-6-13-16(14,15)8-4-5-10(12)9(11)7-8/h1,4-5,7,13H,3,6,12H2. The average Bonchev–Trinajstić information content (AvgIpc) is 2.22. The molecule has 0 spiro atoms. The Hall–Kier alpha value is -1.22. The largest absolute Gasteiger partial charge is 0.398 e. The first-order chi connectivity index (χ1) is 7.47. The number of nitrogens with two attached hydrogens (primary N) is 1. The molecule has 0 bridgehead atoms. The molecule has 1 aromatic carbocycles. The number of anilines is 1. The summed E-state index contributed by atoms with van der Waals surface area (Å²) in [5.74, 6) is 2.34. The maximum atomic E-state index is 11.7. The molecule has 0 saturated heterocycles. The Kier molecular flexibility index (Phi) is 4.19. The quantitative estimate of drug-likeness (QED) is 0.485. The molecule has 0 unspecified atom stereocenters. The predicted octanol–water partition coefficient (Wildman–Crippen LogP) is 1.22. The van der Waals surface area contributed by atoms with Crippen LogP contribution in [0.15, 0.2) is 23.1 Å². The fraction of sp³-hybridized carbons (Fsp3) is 0.200. The second-order valence-corrected chi connectivity index (χ2v) is 5.21. The summed E-state index contributed by atoms with van der Waals surface area (Å²) in [6.07, 6.45) is 5.35.